The molecule has 23 heavy (non-hydrogen) atoms. The van der Waals surface area contributed by atoms with Crippen LogP contribution >= 0.6 is 24.2 Å². The van der Waals surface area contributed by atoms with E-state index in [1.54, 1.807) is 30.0 Å². The molecule has 2 fully saturated rings. The Bertz CT molecular complexity index is 575. The molecule has 7 nitrogen and oxygen atoms in total. The van der Waals surface area contributed by atoms with Crippen LogP contribution in [0.2, 0.25) is 0 Å². The normalized spacial score (nSPS) is 21.0. The molecular formula is C14H19ClN4O3S. The van der Waals surface area contributed by atoms with Crippen LogP contribution in [0.15, 0.2) is 24.3 Å². The van der Waals surface area contributed by atoms with Gasteiger partial charge >= 0.3 is 0 Å². The number of nitro benzene ring substituents is 1. The highest BCUT2D eigenvalue weighted by Crippen LogP contribution is 2.28. The first kappa shape index (κ1) is 17.8. The van der Waals surface area contributed by atoms with Crippen molar-refractivity contribution in [3.8, 4) is 0 Å². The first-order chi connectivity index (χ1) is 10.7. The summed E-state index contributed by atoms with van der Waals surface area (Å²) in [4.78, 5) is 26.9. The second-order valence-corrected chi connectivity index (χ2v) is 6.36. The maximum Gasteiger partial charge on any atom is 0.292 e. The topological polar surface area (TPSA) is 78.7 Å². The molecule has 3 rings (SSSR count). The van der Waals surface area contributed by atoms with Crippen LogP contribution in [-0.2, 0) is 4.79 Å². The number of carbonyl (C=O) groups excluding carboxylic acids is 1. The molecule has 1 aromatic carbocycles. The van der Waals surface area contributed by atoms with Crippen LogP contribution in [0.5, 0.6) is 0 Å². The lowest BCUT2D eigenvalue weighted by atomic mass is 10.2. The van der Waals surface area contributed by atoms with Gasteiger partial charge in [-0.25, -0.2) is 0 Å². The molecule has 9 heteroatoms. The molecule has 0 aliphatic carbocycles. The number of thioether (sulfide) groups is 1. The van der Waals surface area contributed by atoms with Gasteiger partial charge in [0.25, 0.3) is 5.69 Å². The number of hydrogen-bond donors (Lipinski definition) is 1. The van der Waals surface area contributed by atoms with Crippen LogP contribution in [0.25, 0.3) is 0 Å². The van der Waals surface area contributed by atoms with E-state index in [0.29, 0.717) is 31.9 Å². The van der Waals surface area contributed by atoms with Gasteiger partial charge in [0.05, 0.1) is 11.0 Å². The lowest BCUT2D eigenvalue weighted by molar-refractivity contribution is -0.384. The highest BCUT2D eigenvalue weighted by molar-refractivity contribution is 7.99. The van der Waals surface area contributed by atoms with E-state index in [0.717, 1.165) is 11.6 Å². The second-order valence-electron chi connectivity index (χ2n) is 5.33. The Labute approximate surface area is 144 Å². The number of para-hydroxylation sites is 2. The van der Waals surface area contributed by atoms with Gasteiger partial charge in [0.1, 0.15) is 5.69 Å². The zero-order chi connectivity index (χ0) is 15.5. The minimum Gasteiger partial charge on any atom is -0.362 e. The van der Waals surface area contributed by atoms with Gasteiger partial charge in [-0.05, 0) is 6.07 Å². The van der Waals surface area contributed by atoms with Crippen LogP contribution in [0, 0.1) is 10.1 Å². The standard InChI is InChI=1S/C14H18N4O3S.ClH/c19-14(11-9-22-10-15-11)17-7-5-16(6-8-17)12-3-1-2-4-13(12)18(20)21;/h1-4,11,15H,5-10H2;1H. The summed E-state index contributed by atoms with van der Waals surface area (Å²) in [6.45, 7) is 2.45. The quantitative estimate of drug-likeness (QED) is 0.648. The molecule has 2 heterocycles. The molecule has 1 atom stereocenters. The first-order valence-corrected chi connectivity index (χ1v) is 8.40. The monoisotopic (exact) mass is 358 g/mol. The summed E-state index contributed by atoms with van der Waals surface area (Å²) < 4.78 is 0. The zero-order valence-electron chi connectivity index (χ0n) is 12.5. The summed E-state index contributed by atoms with van der Waals surface area (Å²) in [6, 6.07) is 6.68. The van der Waals surface area contributed by atoms with E-state index in [9.17, 15) is 14.9 Å². The van der Waals surface area contributed by atoms with Crippen molar-refractivity contribution in [3.63, 3.8) is 0 Å². The molecule has 2 saturated heterocycles. The number of benzene rings is 1. The molecule has 2 aliphatic heterocycles. The molecule has 0 aromatic heterocycles. The van der Waals surface area contributed by atoms with E-state index in [1.165, 1.54) is 6.07 Å². The first-order valence-electron chi connectivity index (χ1n) is 7.25. The summed E-state index contributed by atoms with van der Waals surface area (Å²) in [5, 5.41) is 14.3. The highest BCUT2D eigenvalue weighted by Gasteiger charge is 2.30. The van der Waals surface area contributed by atoms with Crippen LogP contribution < -0.4 is 10.2 Å². The maximum atomic E-state index is 12.3. The third-order valence-corrected chi connectivity index (χ3v) is 4.96. The molecule has 0 spiro atoms. The van der Waals surface area contributed by atoms with Gasteiger partial charge in [-0.3, -0.25) is 20.2 Å². The van der Waals surface area contributed by atoms with E-state index in [4.69, 9.17) is 0 Å². The van der Waals surface area contributed by atoms with Crippen molar-refractivity contribution in [1.82, 2.24) is 10.2 Å². The van der Waals surface area contributed by atoms with Gasteiger partial charge in [0.15, 0.2) is 0 Å². The summed E-state index contributed by atoms with van der Waals surface area (Å²) in [6.07, 6.45) is 0. The fourth-order valence-electron chi connectivity index (χ4n) is 2.83. The van der Waals surface area contributed by atoms with Crippen molar-refractivity contribution in [2.75, 3.05) is 42.7 Å². The van der Waals surface area contributed by atoms with Gasteiger partial charge in [-0.2, -0.15) is 0 Å². The predicted molar refractivity (Wildman–Crippen MR) is 93.4 cm³/mol. The minimum absolute atomic E-state index is 0. The van der Waals surface area contributed by atoms with Crippen LogP contribution in [-0.4, -0.2) is 59.6 Å². The highest BCUT2D eigenvalue weighted by atomic mass is 35.5. The number of halogens is 1. The molecule has 0 bridgehead atoms. The van der Waals surface area contributed by atoms with E-state index in [1.807, 2.05) is 9.80 Å². The molecule has 126 valence electrons. The summed E-state index contributed by atoms with van der Waals surface area (Å²) in [5.41, 5.74) is 0.755. The van der Waals surface area contributed by atoms with Crippen LogP contribution in [0.1, 0.15) is 0 Å². The number of carbonyl (C=O) groups is 1. The number of nitrogens with one attached hydrogen (secondary N) is 1. The Balaban J connectivity index is 0.00000192. The average Bonchev–Trinajstić information content (AvgIpc) is 3.09. The minimum atomic E-state index is -0.355. The smallest absolute Gasteiger partial charge is 0.292 e. The molecule has 1 aromatic rings. The molecule has 0 saturated carbocycles. The zero-order valence-corrected chi connectivity index (χ0v) is 14.1. The second kappa shape index (κ2) is 7.85. The third kappa shape index (κ3) is 3.88. The molecule has 0 radical (unpaired) electrons. The van der Waals surface area contributed by atoms with E-state index >= 15 is 0 Å². The molecule has 1 N–H and O–H groups in total. The SMILES string of the molecule is Cl.O=C(C1CSCN1)N1CCN(c2ccccc2[N+](=O)[O-])CC1. The third-order valence-electron chi connectivity index (χ3n) is 4.02. The lowest BCUT2D eigenvalue weighted by Gasteiger charge is -2.36. The molecule has 1 amide bonds. The van der Waals surface area contributed by atoms with Crippen molar-refractivity contribution in [2.24, 2.45) is 0 Å². The predicted octanol–water partition coefficient (Wildman–Crippen LogP) is 1.33. The number of nitrogens with zero attached hydrogens (tertiary/aromatic N) is 3. The van der Waals surface area contributed by atoms with Crippen molar-refractivity contribution < 1.29 is 9.72 Å². The molecular weight excluding hydrogens is 340 g/mol. The number of piperazine rings is 1. The van der Waals surface area contributed by atoms with Gasteiger partial charge in [0, 0.05) is 43.9 Å². The van der Waals surface area contributed by atoms with E-state index < -0.39 is 0 Å². The number of hydrogen-bond acceptors (Lipinski definition) is 6. The van der Waals surface area contributed by atoms with Crippen LogP contribution in [0.4, 0.5) is 11.4 Å². The number of rotatable bonds is 3. The van der Waals surface area contributed by atoms with Gasteiger partial charge in [-0.1, -0.05) is 12.1 Å². The number of amides is 1. The molecule has 1 unspecified atom stereocenters. The van der Waals surface area contributed by atoms with Crippen molar-refractivity contribution >= 4 is 41.5 Å². The van der Waals surface area contributed by atoms with Gasteiger partial charge in [0.2, 0.25) is 5.91 Å². The Morgan fingerprint density at radius 2 is 1.96 bits per heavy atom. The Morgan fingerprint density at radius 3 is 2.57 bits per heavy atom. The Kier molecular flexibility index (Phi) is 6.09. The summed E-state index contributed by atoms with van der Waals surface area (Å²) in [7, 11) is 0. The van der Waals surface area contributed by atoms with Crippen molar-refractivity contribution in [3.05, 3.63) is 34.4 Å². The van der Waals surface area contributed by atoms with Crippen LogP contribution in [0.3, 0.4) is 0 Å². The fourth-order valence-corrected chi connectivity index (χ4v) is 3.76. The van der Waals surface area contributed by atoms with Gasteiger partial charge < -0.3 is 9.80 Å². The van der Waals surface area contributed by atoms with E-state index in [-0.39, 0.29) is 35.0 Å². The number of nitro groups is 1. The van der Waals surface area contributed by atoms with Crippen molar-refractivity contribution in [1.29, 1.82) is 0 Å². The summed E-state index contributed by atoms with van der Waals surface area (Å²) >= 11 is 1.73. The van der Waals surface area contributed by atoms with Crippen molar-refractivity contribution in [2.45, 2.75) is 6.04 Å². The lowest BCUT2D eigenvalue weighted by Crippen LogP contribution is -2.53. The summed E-state index contributed by atoms with van der Waals surface area (Å²) in [5.74, 6) is 1.79. The fraction of sp³-hybridized carbons (Fsp3) is 0.500. The average molecular weight is 359 g/mol. The molecule has 2 aliphatic rings. The maximum absolute atomic E-state index is 12.3. The number of anilines is 1. The van der Waals surface area contributed by atoms with Gasteiger partial charge in [-0.15, -0.1) is 24.2 Å². The van der Waals surface area contributed by atoms with E-state index in [2.05, 4.69) is 5.32 Å². The Hall–Kier alpha value is -1.51. The largest absolute Gasteiger partial charge is 0.362 e. The Morgan fingerprint density at radius 1 is 1.26 bits per heavy atom.